The van der Waals surface area contributed by atoms with E-state index < -0.39 is 44.8 Å². The first-order valence-electron chi connectivity index (χ1n) is 5.26. The van der Waals surface area contributed by atoms with Crippen molar-refractivity contribution in [3.05, 3.63) is 29.6 Å². The molecule has 1 N–H and O–H groups in total. The van der Waals surface area contributed by atoms with Crippen molar-refractivity contribution >= 4 is 22.0 Å². The van der Waals surface area contributed by atoms with Crippen LogP contribution in [0.4, 0.5) is 4.39 Å². The Bertz CT molecular complexity index is 642. The quantitative estimate of drug-likeness (QED) is 0.786. The zero-order valence-electron chi connectivity index (χ0n) is 10.7. The largest absolute Gasteiger partial charge is 0.480 e. The lowest BCUT2D eigenvalue weighted by molar-refractivity contribution is -0.137. The highest BCUT2D eigenvalue weighted by atomic mass is 32.2. The lowest BCUT2D eigenvalue weighted by Crippen LogP contribution is -2.33. The second-order valence-electron chi connectivity index (χ2n) is 3.79. The Labute approximate surface area is 114 Å². The van der Waals surface area contributed by atoms with Crippen molar-refractivity contribution < 1.29 is 32.2 Å². The molecule has 0 aliphatic carbocycles. The van der Waals surface area contributed by atoms with Gasteiger partial charge < -0.3 is 9.84 Å². The summed E-state index contributed by atoms with van der Waals surface area (Å²) >= 11 is 0. The minimum Gasteiger partial charge on any atom is -0.480 e. The van der Waals surface area contributed by atoms with Gasteiger partial charge in [-0.1, -0.05) is 0 Å². The third-order valence-electron chi connectivity index (χ3n) is 2.39. The summed E-state index contributed by atoms with van der Waals surface area (Å²) in [7, 11) is -2.20. The third-order valence-corrected chi connectivity index (χ3v) is 4.25. The first-order chi connectivity index (χ1) is 9.20. The first kappa shape index (κ1) is 16.1. The molecule has 20 heavy (non-hydrogen) atoms. The van der Waals surface area contributed by atoms with E-state index in [9.17, 15) is 22.4 Å². The molecule has 0 aliphatic rings. The van der Waals surface area contributed by atoms with E-state index in [0.717, 1.165) is 26.3 Å². The Hall–Kier alpha value is -2.00. The summed E-state index contributed by atoms with van der Waals surface area (Å²) in [4.78, 5) is 21.5. The van der Waals surface area contributed by atoms with Gasteiger partial charge in [0, 0.05) is 7.05 Å². The molecule has 0 fully saturated rings. The molecule has 1 aromatic carbocycles. The molecule has 0 amide bonds. The summed E-state index contributed by atoms with van der Waals surface area (Å²) in [5, 5.41) is 8.61. The van der Waals surface area contributed by atoms with Gasteiger partial charge in [-0.3, -0.25) is 4.79 Å². The van der Waals surface area contributed by atoms with Gasteiger partial charge in [0.2, 0.25) is 10.0 Å². The second-order valence-corrected chi connectivity index (χ2v) is 5.80. The molecule has 0 aromatic heterocycles. The van der Waals surface area contributed by atoms with Gasteiger partial charge in [0.15, 0.2) is 0 Å². The SMILES string of the molecule is COC(=O)c1cc(F)ccc1S(=O)(=O)N(C)CC(=O)O. The minimum atomic E-state index is -4.25. The van der Waals surface area contributed by atoms with Crippen LogP contribution in [0, 0.1) is 5.82 Å². The van der Waals surface area contributed by atoms with Crippen molar-refractivity contribution in [2.24, 2.45) is 0 Å². The standard InChI is InChI=1S/C11H12FNO6S/c1-13(6-10(14)15)20(17,18)9-4-3-7(12)5-8(9)11(16)19-2/h3-5H,6H2,1-2H3,(H,14,15). The minimum absolute atomic E-state index is 0.496. The van der Waals surface area contributed by atoms with Crippen molar-refractivity contribution in [1.29, 1.82) is 0 Å². The number of sulfonamides is 1. The van der Waals surface area contributed by atoms with E-state index in [2.05, 4.69) is 4.74 Å². The molecular formula is C11H12FNO6S. The highest BCUT2D eigenvalue weighted by Crippen LogP contribution is 2.21. The Kier molecular flexibility index (Phi) is 4.79. The van der Waals surface area contributed by atoms with Crippen molar-refractivity contribution in [3.63, 3.8) is 0 Å². The number of methoxy groups -OCH3 is 1. The fourth-order valence-corrected chi connectivity index (χ4v) is 2.72. The van der Waals surface area contributed by atoms with Crippen LogP contribution < -0.4 is 0 Å². The number of hydrogen-bond donors (Lipinski definition) is 1. The lowest BCUT2D eigenvalue weighted by Gasteiger charge is -2.16. The molecule has 0 saturated carbocycles. The smallest absolute Gasteiger partial charge is 0.339 e. The first-order valence-corrected chi connectivity index (χ1v) is 6.70. The predicted molar refractivity (Wildman–Crippen MR) is 65.2 cm³/mol. The Morgan fingerprint density at radius 2 is 2.00 bits per heavy atom. The van der Waals surface area contributed by atoms with E-state index in [1.807, 2.05) is 0 Å². The monoisotopic (exact) mass is 305 g/mol. The van der Waals surface area contributed by atoms with Gasteiger partial charge in [-0.15, -0.1) is 0 Å². The fourth-order valence-electron chi connectivity index (χ4n) is 1.44. The predicted octanol–water partition coefficient (Wildman–Crippen LogP) is 0.317. The van der Waals surface area contributed by atoms with E-state index in [4.69, 9.17) is 5.11 Å². The maximum atomic E-state index is 13.1. The number of halogens is 1. The van der Waals surface area contributed by atoms with Crippen LogP contribution in [0.3, 0.4) is 0 Å². The Morgan fingerprint density at radius 3 is 2.50 bits per heavy atom. The highest BCUT2D eigenvalue weighted by Gasteiger charge is 2.28. The van der Waals surface area contributed by atoms with Crippen LogP contribution in [-0.4, -0.2) is 50.5 Å². The summed E-state index contributed by atoms with van der Waals surface area (Å²) in [5.74, 6) is -3.21. The maximum Gasteiger partial charge on any atom is 0.339 e. The van der Waals surface area contributed by atoms with E-state index >= 15 is 0 Å². The van der Waals surface area contributed by atoms with Crippen molar-refractivity contribution in [2.45, 2.75) is 4.90 Å². The van der Waals surface area contributed by atoms with Gasteiger partial charge in [0.05, 0.1) is 17.6 Å². The molecule has 0 atom stereocenters. The van der Waals surface area contributed by atoms with E-state index in [-0.39, 0.29) is 0 Å². The molecule has 110 valence electrons. The van der Waals surface area contributed by atoms with Crippen LogP contribution in [0.1, 0.15) is 10.4 Å². The van der Waals surface area contributed by atoms with Crippen LogP contribution in [0.15, 0.2) is 23.1 Å². The maximum absolute atomic E-state index is 13.1. The van der Waals surface area contributed by atoms with Gasteiger partial charge >= 0.3 is 11.9 Å². The molecular weight excluding hydrogens is 293 g/mol. The van der Waals surface area contributed by atoms with E-state index in [0.29, 0.717) is 10.4 Å². The summed E-state index contributed by atoms with van der Waals surface area (Å²) in [6.45, 7) is -0.791. The van der Waals surface area contributed by atoms with Crippen LogP contribution in [0.5, 0.6) is 0 Å². The number of carboxylic acids is 1. The molecule has 7 nitrogen and oxygen atoms in total. The normalized spacial score (nSPS) is 11.4. The Balaban J connectivity index is 3.38. The number of rotatable bonds is 5. The molecule has 0 heterocycles. The average molecular weight is 305 g/mol. The van der Waals surface area contributed by atoms with Crippen LogP contribution in [0.2, 0.25) is 0 Å². The molecule has 1 rings (SSSR count). The average Bonchev–Trinajstić information content (AvgIpc) is 2.36. The summed E-state index contributed by atoms with van der Waals surface area (Å²) in [6, 6.07) is 2.45. The van der Waals surface area contributed by atoms with Crippen LogP contribution in [0.25, 0.3) is 0 Å². The number of nitrogens with zero attached hydrogens (tertiary/aromatic N) is 1. The van der Waals surface area contributed by atoms with Gasteiger partial charge in [-0.2, -0.15) is 4.31 Å². The summed E-state index contributed by atoms with van der Waals surface area (Å²) in [5.41, 5.74) is -0.496. The molecule has 0 unspecified atom stereocenters. The van der Waals surface area contributed by atoms with Crippen molar-refractivity contribution in [3.8, 4) is 0 Å². The van der Waals surface area contributed by atoms with Gasteiger partial charge in [-0.25, -0.2) is 17.6 Å². The molecule has 0 radical (unpaired) electrons. The topological polar surface area (TPSA) is 101 Å². The zero-order chi connectivity index (χ0) is 15.5. The number of carbonyl (C=O) groups excluding carboxylic acids is 1. The van der Waals surface area contributed by atoms with E-state index in [1.54, 1.807) is 0 Å². The van der Waals surface area contributed by atoms with Crippen molar-refractivity contribution in [2.75, 3.05) is 20.7 Å². The van der Waals surface area contributed by atoms with Gasteiger partial charge in [0.1, 0.15) is 12.4 Å². The van der Waals surface area contributed by atoms with Gasteiger partial charge in [0.25, 0.3) is 0 Å². The van der Waals surface area contributed by atoms with Crippen molar-refractivity contribution in [1.82, 2.24) is 4.31 Å². The Morgan fingerprint density at radius 1 is 1.40 bits per heavy atom. The number of esters is 1. The lowest BCUT2D eigenvalue weighted by atomic mass is 10.2. The molecule has 0 bridgehead atoms. The van der Waals surface area contributed by atoms with Crippen LogP contribution >= 0.6 is 0 Å². The number of ether oxygens (including phenoxy) is 1. The number of carbonyl (C=O) groups is 2. The zero-order valence-corrected chi connectivity index (χ0v) is 11.5. The molecule has 9 heteroatoms. The van der Waals surface area contributed by atoms with E-state index in [1.165, 1.54) is 0 Å². The second kappa shape index (κ2) is 5.97. The fraction of sp³-hybridized carbons (Fsp3) is 0.273. The molecule has 0 saturated heterocycles. The number of aliphatic carboxylic acids is 1. The number of benzene rings is 1. The van der Waals surface area contributed by atoms with Crippen LogP contribution in [-0.2, 0) is 19.6 Å². The third kappa shape index (κ3) is 3.31. The van der Waals surface area contributed by atoms with Gasteiger partial charge in [-0.05, 0) is 18.2 Å². The number of hydrogen-bond acceptors (Lipinski definition) is 5. The summed E-state index contributed by atoms with van der Waals surface area (Å²) < 4.78 is 42.4. The number of carboxylic acid groups (broad SMARTS) is 1. The number of likely N-dealkylation sites (N-methyl/N-ethyl adjacent to an activating group) is 1. The molecule has 0 aliphatic heterocycles. The highest BCUT2D eigenvalue weighted by molar-refractivity contribution is 7.89. The molecule has 1 aromatic rings. The molecule has 0 spiro atoms. The summed E-state index contributed by atoms with van der Waals surface area (Å²) in [6.07, 6.45) is 0.